The molecule has 2 aliphatic rings. The zero-order valence-corrected chi connectivity index (χ0v) is 17.4. The number of nitro groups is 1. The molecule has 2 aliphatic heterocycles. The number of nitrogens with zero attached hydrogens (tertiary/aromatic N) is 3. The Morgan fingerprint density at radius 3 is 2.26 bits per heavy atom. The van der Waals surface area contributed by atoms with Gasteiger partial charge in [-0.2, -0.15) is 4.31 Å². The summed E-state index contributed by atoms with van der Waals surface area (Å²) >= 11 is 0. The first-order chi connectivity index (χ1) is 14.8. The maximum Gasteiger partial charge on any atom is 0.269 e. The fraction of sp³-hybridized carbons (Fsp3) is 0.350. The molecule has 164 valence electrons. The van der Waals surface area contributed by atoms with Gasteiger partial charge < -0.3 is 14.4 Å². The largest absolute Gasteiger partial charge is 0.486 e. The summed E-state index contributed by atoms with van der Waals surface area (Å²) in [4.78, 5) is 24.5. The number of carbonyl (C=O) groups excluding carboxylic acids is 1. The van der Waals surface area contributed by atoms with Gasteiger partial charge in [0, 0.05) is 44.4 Å². The third kappa shape index (κ3) is 4.47. The maximum atomic E-state index is 13.0. The van der Waals surface area contributed by atoms with Gasteiger partial charge in [-0.3, -0.25) is 14.9 Å². The molecule has 1 fully saturated rings. The molecule has 0 aromatic heterocycles. The molecule has 0 unspecified atom stereocenters. The van der Waals surface area contributed by atoms with Crippen molar-refractivity contribution in [3.8, 4) is 11.5 Å². The van der Waals surface area contributed by atoms with Gasteiger partial charge in [-0.05, 0) is 17.7 Å². The molecule has 2 aromatic rings. The van der Waals surface area contributed by atoms with Gasteiger partial charge in [-0.1, -0.05) is 12.1 Å². The zero-order chi connectivity index (χ0) is 22.0. The molecule has 1 saturated heterocycles. The number of fused-ring (bicyclic) bond motifs is 1. The number of piperazine rings is 1. The van der Waals surface area contributed by atoms with Crippen LogP contribution >= 0.6 is 0 Å². The van der Waals surface area contributed by atoms with E-state index < -0.39 is 14.9 Å². The van der Waals surface area contributed by atoms with Crippen molar-refractivity contribution in [3.63, 3.8) is 0 Å². The molecule has 4 rings (SSSR count). The number of amides is 1. The van der Waals surface area contributed by atoms with E-state index in [1.54, 1.807) is 23.1 Å². The Morgan fingerprint density at radius 1 is 0.968 bits per heavy atom. The first-order valence-electron chi connectivity index (χ1n) is 9.75. The van der Waals surface area contributed by atoms with E-state index in [0.29, 0.717) is 30.3 Å². The number of ether oxygens (including phenoxy) is 2. The number of benzene rings is 2. The summed E-state index contributed by atoms with van der Waals surface area (Å²) in [7, 11) is -3.72. The van der Waals surface area contributed by atoms with E-state index in [-0.39, 0.29) is 49.1 Å². The molecule has 0 bridgehead atoms. The molecule has 31 heavy (non-hydrogen) atoms. The molecule has 2 aromatic carbocycles. The van der Waals surface area contributed by atoms with Crippen LogP contribution in [0, 0.1) is 10.1 Å². The summed E-state index contributed by atoms with van der Waals surface area (Å²) in [5.41, 5.74) is 0.635. The van der Waals surface area contributed by atoms with Crippen LogP contribution in [0.15, 0.2) is 47.4 Å². The van der Waals surface area contributed by atoms with Crippen molar-refractivity contribution < 1.29 is 27.6 Å². The molecule has 10 nitrogen and oxygen atoms in total. The van der Waals surface area contributed by atoms with E-state index in [1.165, 1.54) is 28.6 Å². The van der Waals surface area contributed by atoms with Crippen LogP contribution < -0.4 is 9.47 Å². The average molecular weight is 447 g/mol. The molecule has 2 heterocycles. The molecule has 0 atom stereocenters. The summed E-state index contributed by atoms with van der Waals surface area (Å²) in [5.74, 6) is 0.779. The Balaban J connectivity index is 1.37. The summed E-state index contributed by atoms with van der Waals surface area (Å²) in [6.07, 6.45) is 0.104. The predicted octanol–water partition coefficient (Wildman–Crippen LogP) is 1.44. The van der Waals surface area contributed by atoms with E-state index in [4.69, 9.17) is 9.47 Å². The lowest BCUT2D eigenvalue weighted by molar-refractivity contribution is -0.384. The Bertz CT molecular complexity index is 1090. The average Bonchev–Trinajstić information content (AvgIpc) is 2.79. The van der Waals surface area contributed by atoms with E-state index in [2.05, 4.69) is 0 Å². The van der Waals surface area contributed by atoms with Crippen LogP contribution in [0.2, 0.25) is 0 Å². The highest BCUT2D eigenvalue weighted by Gasteiger charge is 2.31. The first-order valence-corrected chi connectivity index (χ1v) is 11.2. The third-order valence-electron chi connectivity index (χ3n) is 5.25. The predicted molar refractivity (Wildman–Crippen MR) is 110 cm³/mol. The van der Waals surface area contributed by atoms with E-state index >= 15 is 0 Å². The van der Waals surface area contributed by atoms with E-state index in [1.807, 2.05) is 0 Å². The Kier molecular flexibility index (Phi) is 5.79. The normalized spacial score (nSPS) is 16.7. The molecule has 0 radical (unpaired) electrons. The standard InChI is InChI=1S/C20H21N3O7S/c24-20(13-15-1-3-16(4-2-15)23(25)26)21-7-9-22(10-8-21)31(27,28)17-5-6-18-19(14-17)30-12-11-29-18/h1-6,14H,7-13H2. The molecular formula is C20H21N3O7S. The topological polar surface area (TPSA) is 119 Å². The molecule has 0 saturated carbocycles. The van der Waals surface area contributed by atoms with Crippen molar-refractivity contribution in [1.82, 2.24) is 9.21 Å². The maximum absolute atomic E-state index is 13.0. The number of non-ortho nitro benzene ring substituents is 1. The van der Waals surface area contributed by atoms with Crippen LogP contribution in [0.3, 0.4) is 0 Å². The second-order valence-electron chi connectivity index (χ2n) is 7.19. The third-order valence-corrected chi connectivity index (χ3v) is 7.14. The number of sulfonamides is 1. The molecule has 11 heteroatoms. The summed E-state index contributed by atoms with van der Waals surface area (Å²) in [6.45, 7) is 1.71. The SMILES string of the molecule is O=C(Cc1ccc([N+](=O)[O-])cc1)N1CCN(S(=O)(=O)c2ccc3c(c2)OCCO3)CC1. The minimum atomic E-state index is -3.72. The minimum absolute atomic E-state index is 0.0332. The zero-order valence-electron chi connectivity index (χ0n) is 16.6. The number of rotatable bonds is 5. The highest BCUT2D eigenvalue weighted by Crippen LogP contribution is 2.33. The summed E-state index contributed by atoms with van der Waals surface area (Å²) in [5, 5.41) is 10.7. The molecule has 0 spiro atoms. The smallest absolute Gasteiger partial charge is 0.269 e. The second-order valence-corrected chi connectivity index (χ2v) is 9.13. The fourth-order valence-electron chi connectivity index (χ4n) is 3.53. The van der Waals surface area contributed by atoms with Crippen LogP contribution in [0.4, 0.5) is 5.69 Å². The van der Waals surface area contributed by atoms with Crippen LogP contribution in [-0.4, -0.2) is 67.8 Å². The lowest BCUT2D eigenvalue weighted by Gasteiger charge is -2.34. The quantitative estimate of drug-likeness (QED) is 0.502. The van der Waals surface area contributed by atoms with Gasteiger partial charge in [0.2, 0.25) is 15.9 Å². The van der Waals surface area contributed by atoms with E-state index in [0.717, 1.165) is 0 Å². The van der Waals surface area contributed by atoms with Crippen LogP contribution in [0.1, 0.15) is 5.56 Å². The molecule has 0 aliphatic carbocycles. The van der Waals surface area contributed by atoms with Crippen molar-refractivity contribution in [2.75, 3.05) is 39.4 Å². The van der Waals surface area contributed by atoms with Gasteiger partial charge in [-0.25, -0.2) is 8.42 Å². The van der Waals surface area contributed by atoms with Crippen molar-refractivity contribution in [1.29, 1.82) is 0 Å². The summed E-state index contributed by atoms with van der Waals surface area (Å²) in [6, 6.07) is 10.4. The van der Waals surface area contributed by atoms with E-state index in [9.17, 15) is 23.3 Å². The van der Waals surface area contributed by atoms with Gasteiger partial charge in [0.1, 0.15) is 13.2 Å². The molecule has 0 N–H and O–H groups in total. The number of nitro benzene ring substituents is 1. The van der Waals surface area contributed by atoms with Crippen LogP contribution in [-0.2, 0) is 21.2 Å². The lowest BCUT2D eigenvalue weighted by atomic mass is 10.1. The molecular weight excluding hydrogens is 426 g/mol. The Morgan fingerprint density at radius 2 is 1.61 bits per heavy atom. The molecule has 1 amide bonds. The number of carbonyl (C=O) groups is 1. The Hall–Kier alpha value is -3.18. The van der Waals surface area contributed by atoms with Crippen molar-refractivity contribution in [2.24, 2.45) is 0 Å². The second kappa shape index (κ2) is 8.52. The highest BCUT2D eigenvalue weighted by molar-refractivity contribution is 7.89. The van der Waals surface area contributed by atoms with Crippen molar-refractivity contribution in [2.45, 2.75) is 11.3 Å². The minimum Gasteiger partial charge on any atom is -0.486 e. The fourth-order valence-corrected chi connectivity index (χ4v) is 4.97. The summed E-state index contributed by atoms with van der Waals surface area (Å²) < 4.78 is 38.3. The first kappa shape index (κ1) is 21.1. The monoisotopic (exact) mass is 447 g/mol. The van der Waals surface area contributed by atoms with Crippen molar-refractivity contribution in [3.05, 3.63) is 58.1 Å². The van der Waals surface area contributed by atoms with Crippen molar-refractivity contribution >= 4 is 21.6 Å². The lowest BCUT2D eigenvalue weighted by Crippen LogP contribution is -2.50. The van der Waals surface area contributed by atoms with Gasteiger partial charge in [-0.15, -0.1) is 0 Å². The van der Waals surface area contributed by atoms with Gasteiger partial charge in [0.15, 0.2) is 11.5 Å². The van der Waals surface area contributed by atoms with Crippen LogP contribution in [0.25, 0.3) is 0 Å². The number of hydrogen-bond donors (Lipinski definition) is 0. The van der Waals surface area contributed by atoms with Gasteiger partial charge in [0.05, 0.1) is 16.2 Å². The number of hydrogen-bond acceptors (Lipinski definition) is 7. The van der Waals surface area contributed by atoms with Crippen LogP contribution in [0.5, 0.6) is 11.5 Å². The van der Waals surface area contributed by atoms with Gasteiger partial charge in [0.25, 0.3) is 5.69 Å². The Labute approximate surface area is 179 Å². The highest BCUT2D eigenvalue weighted by atomic mass is 32.2. The van der Waals surface area contributed by atoms with Gasteiger partial charge >= 0.3 is 0 Å².